The van der Waals surface area contributed by atoms with E-state index in [1.807, 2.05) is 0 Å². The van der Waals surface area contributed by atoms with Crippen LogP contribution in [0.3, 0.4) is 0 Å². The van der Waals surface area contributed by atoms with Gasteiger partial charge in [-0.25, -0.2) is 0 Å². The summed E-state index contributed by atoms with van der Waals surface area (Å²) in [6, 6.07) is 48.7. The van der Waals surface area contributed by atoms with Crippen LogP contribution in [0.2, 0.25) is 0 Å². The Morgan fingerprint density at radius 3 is 2.02 bits per heavy atom. The minimum Gasteiger partial charge on any atom is -0.354 e. The van der Waals surface area contributed by atoms with Crippen LogP contribution < -0.4 is 4.90 Å². The van der Waals surface area contributed by atoms with Gasteiger partial charge in [-0.3, -0.25) is 0 Å². The molecule has 0 saturated heterocycles. The highest BCUT2D eigenvalue weighted by Gasteiger charge is 2.27. The highest BCUT2D eigenvalue weighted by molar-refractivity contribution is 6.11. The summed E-state index contributed by atoms with van der Waals surface area (Å²) in [6.45, 7) is 4.48. The quantitative estimate of drug-likeness (QED) is 0.242. The lowest BCUT2D eigenvalue weighted by molar-refractivity contribution is 0.956. The van der Waals surface area contributed by atoms with E-state index in [-0.39, 0.29) is 0 Å². The van der Waals surface area contributed by atoms with Crippen LogP contribution in [-0.4, -0.2) is 4.98 Å². The van der Waals surface area contributed by atoms with Gasteiger partial charge in [0.2, 0.25) is 0 Å². The van der Waals surface area contributed by atoms with Crippen LogP contribution in [0.25, 0.3) is 44.1 Å². The van der Waals surface area contributed by atoms with Gasteiger partial charge in [0.05, 0.1) is 5.52 Å². The minimum absolute atomic E-state index is 0.303. The number of hydrogen-bond acceptors (Lipinski definition) is 1. The van der Waals surface area contributed by atoms with Crippen molar-refractivity contribution in [3.8, 4) is 22.3 Å². The molecule has 0 spiro atoms. The van der Waals surface area contributed by atoms with Gasteiger partial charge in [0.15, 0.2) is 0 Å². The maximum Gasteiger partial charge on any atom is 0.0544 e. The molecule has 0 radical (unpaired) electrons. The smallest absolute Gasteiger partial charge is 0.0544 e. The highest BCUT2D eigenvalue weighted by atomic mass is 15.1. The van der Waals surface area contributed by atoms with E-state index in [2.05, 4.69) is 157 Å². The first kappa shape index (κ1) is 23.8. The SMILES string of the molecule is Cc1ccc(N(c2ccccc2)c2ccc3c(c2)C(C)c2cc(-c4cccc5c4[nH]c4ccccc45)ccc2-3)cc1. The third-order valence-corrected chi connectivity index (χ3v) is 8.73. The summed E-state index contributed by atoms with van der Waals surface area (Å²) < 4.78 is 0. The number of nitrogens with zero attached hydrogens (tertiary/aromatic N) is 1. The van der Waals surface area contributed by atoms with Crippen molar-refractivity contribution in [1.29, 1.82) is 0 Å². The molecular weight excluding hydrogens is 496 g/mol. The largest absolute Gasteiger partial charge is 0.354 e. The molecule has 0 fully saturated rings. The molecule has 196 valence electrons. The van der Waals surface area contributed by atoms with Crippen molar-refractivity contribution in [1.82, 2.24) is 4.98 Å². The molecule has 1 atom stereocenters. The fraction of sp³-hybridized carbons (Fsp3) is 0.0769. The Morgan fingerprint density at radius 1 is 0.537 bits per heavy atom. The molecule has 1 aromatic heterocycles. The molecule has 7 aromatic rings. The second-order valence-electron chi connectivity index (χ2n) is 11.2. The van der Waals surface area contributed by atoms with Crippen molar-refractivity contribution in [2.75, 3.05) is 4.90 Å². The molecule has 1 heterocycles. The molecule has 8 rings (SSSR count). The lowest BCUT2D eigenvalue weighted by Gasteiger charge is -2.26. The first-order valence-corrected chi connectivity index (χ1v) is 14.4. The van der Waals surface area contributed by atoms with E-state index in [4.69, 9.17) is 0 Å². The van der Waals surface area contributed by atoms with Gasteiger partial charge in [0.25, 0.3) is 0 Å². The molecule has 6 aromatic carbocycles. The van der Waals surface area contributed by atoms with Crippen molar-refractivity contribution < 1.29 is 0 Å². The van der Waals surface area contributed by atoms with E-state index in [0.29, 0.717) is 5.92 Å². The zero-order chi connectivity index (χ0) is 27.5. The molecule has 1 unspecified atom stereocenters. The lowest BCUT2D eigenvalue weighted by atomic mass is 9.94. The summed E-state index contributed by atoms with van der Waals surface area (Å²) in [5.41, 5.74) is 15.1. The first-order valence-electron chi connectivity index (χ1n) is 14.4. The Morgan fingerprint density at radius 2 is 1.20 bits per heavy atom. The second kappa shape index (κ2) is 9.25. The van der Waals surface area contributed by atoms with E-state index in [1.165, 1.54) is 72.1 Å². The van der Waals surface area contributed by atoms with Gasteiger partial charge >= 0.3 is 0 Å². The van der Waals surface area contributed by atoms with E-state index in [0.717, 1.165) is 5.69 Å². The van der Waals surface area contributed by atoms with Gasteiger partial charge in [-0.1, -0.05) is 97.4 Å². The fourth-order valence-corrected chi connectivity index (χ4v) is 6.63. The zero-order valence-electron chi connectivity index (χ0n) is 23.2. The molecule has 1 aliphatic carbocycles. The summed E-state index contributed by atoms with van der Waals surface area (Å²) in [5, 5.41) is 2.55. The number of aromatic amines is 1. The number of para-hydroxylation sites is 3. The Labute approximate surface area is 240 Å². The second-order valence-corrected chi connectivity index (χ2v) is 11.2. The summed E-state index contributed by atoms with van der Waals surface area (Å²) in [6.07, 6.45) is 0. The van der Waals surface area contributed by atoms with E-state index < -0.39 is 0 Å². The molecule has 2 heteroatoms. The van der Waals surface area contributed by atoms with Crippen molar-refractivity contribution in [3.63, 3.8) is 0 Å². The van der Waals surface area contributed by atoms with Crippen molar-refractivity contribution in [2.24, 2.45) is 0 Å². The standard InChI is InChI=1S/C39H30N2/c1-25-15-18-29(19-16-25)41(28-9-4-3-5-10-28)30-20-22-33-32-21-17-27(23-36(32)26(2)37(33)24-30)31-12-8-13-35-34-11-6-7-14-38(34)40-39(31)35/h3-24,26,40H,1-2H3. The monoisotopic (exact) mass is 526 g/mol. The average molecular weight is 527 g/mol. The Hall–Kier alpha value is -5.08. The summed E-state index contributed by atoms with van der Waals surface area (Å²) >= 11 is 0. The van der Waals surface area contributed by atoms with Gasteiger partial charge in [-0.15, -0.1) is 0 Å². The van der Waals surface area contributed by atoms with Crippen molar-refractivity contribution in [2.45, 2.75) is 19.8 Å². The van der Waals surface area contributed by atoms with Crippen LogP contribution in [-0.2, 0) is 0 Å². The van der Waals surface area contributed by atoms with Crippen LogP contribution >= 0.6 is 0 Å². The van der Waals surface area contributed by atoms with E-state index >= 15 is 0 Å². The van der Waals surface area contributed by atoms with E-state index in [9.17, 15) is 0 Å². The topological polar surface area (TPSA) is 19.0 Å². The van der Waals surface area contributed by atoms with E-state index in [1.54, 1.807) is 0 Å². The number of aromatic nitrogens is 1. The predicted molar refractivity (Wildman–Crippen MR) is 174 cm³/mol. The molecule has 0 saturated carbocycles. The number of aryl methyl sites for hydroxylation is 1. The Kier molecular flexibility index (Phi) is 5.36. The lowest BCUT2D eigenvalue weighted by Crippen LogP contribution is -2.10. The number of H-pyrrole nitrogens is 1. The molecule has 0 bridgehead atoms. The van der Waals surface area contributed by atoms with Gasteiger partial charge in [-0.05, 0) is 83.3 Å². The maximum atomic E-state index is 3.69. The highest BCUT2D eigenvalue weighted by Crippen LogP contribution is 2.48. The zero-order valence-corrected chi connectivity index (χ0v) is 23.2. The first-order chi connectivity index (χ1) is 20.2. The number of nitrogens with one attached hydrogen (secondary N) is 1. The van der Waals surface area contributed by atoms with Gasteiger partial charge in [-0.2, -0.15) is 0 Å². The number of hydrogen-bond donors (Lipinski definition) is 1. The molecule has 0 amide bonds. The summed E-state index contributed by atoms with van der Waals surface area (Å²) in [4.78, 5) is 6.05. The molecular formula is C39H30N2. The number of anilines is 3. The van der Waals surface area contributed by atoms with Gasteiger partial charge in [0.1, 0.15) is 0 Å². The van der Waals surface area contributed by atoms with Crippen LogP contribution in [0.4, 0.5) is 17.1 Å². The number of fused-ring (bicyclic) bond motifs is 6. The molecule has 0 aliphatic heterocycles. The van der Waals surface area contributed by atoms with Gasteiger partial charge < -0.3 is 9.88 Å². The normalized spacial score (nSPS) is 13.9. The minimum atomic E-state index is 0.303. The molecule has 41 heavy (non-hydrogen) atoms. The molecule has 1 N–H and O–H groups in total. The van der Waals surface area contributed by atoms with Crippen molar-refractivity contribution >= 4 is 38.9 Å². The summed E-state index contributed by atoms with van der Waals surface area (Å²) in [5.74, 6) is 0.303. The average Bonchev–Trinajstić information content (AvgIpc) is 3.54. The van der Waals surface area contributed by atoms with Crippen molar-refractivity contribution in [3.05, 3.63) is 150 Å². The maximum absolute atomic E-state index is 3.69. The molecule has 2 nitrogen and oxygen atoms in total. The van der Waals surface area contributed by atoms with Crippen LogP contribution in [0, 0.1) is 6.92 Å². The van der Waals surface area contributed by atoms with Crippen LogP contribution in [0.5, 0.6) is 0 Å². The van der Waals surface area contributed by atoms with Gasteiger partial charge in [0, 0.05) is 44.8 Å². The third kappa shape index (κ3) is 3.79. The number of benzene rings is 6. The Balaban J connectivity index is 1.22. The van der Waals surface area contributed by atoms with Crippen LogP contribution in [0.1, 0.15) is 29.5 Å². The summed E-state index contributed by atoms with van der Waals surface area (Å²) in [7, 11) is 0. The number of rotatable bonds is 4. The molecule has 1 aliphatic rings. The third-order valence-electron chi connectivity index (χ3n) is 8.73. The predicted octanol–water partition coefficient (Wildman–Crippen LogP) is 10.9. The van der Waals surface area contributed by atoms with Crippen LogP contribution in [0.15, 0.2) is 133 Å². The fourth-order valence-electron chi connectivity index (χ4n) is 6.63. The Bertz CT molecular complexity index is 2070.